The summed E-state index contributed by atoms with van der Waals surface area (Å²) in [6.45, 7) is 6.78. The van der Waals surface area contributed by atoms with E-state index in [-0.39, 0.29) is 18.6 Å². The normalized spacial score (nSPS) is 23.7. The van der Waals surface area contributed by atoms with E-state index in [4.69, 9.17) is 14.5 Å². The van der Waals surface area contributed by atoms with Crippen LogP contribution in [0.3, 0.4) is 0 Å². The fourth-order valence-electron chi connectivity index (χ4n) is 4.89. The van der Waals surface area contributed by atoms with Crippen molar-refractivity contribution in [1.82, 2.24) is 34.2 Å². The van der Waals surface area contributed by atoms with Gasteiger partial charge in [-0.3, -0.25) is 9.36 Å². The number of alkyl halides is 2. The summed E-state index contributed by atoms with van der Waals surface area (Å²) < 4.78 is 44.2. The number of hydrogen-bond acceptors (Lipinski definition) is 6. The third-order valence-corrected chi connectivity index (χ3v) is 6.75. The molecular weight excluding hydrogens is 456 g/mol. The van der Waals surface area contributed by atoms with Gasteiger partial charge in [-0.1, -0.05) is 6.92 Å². The van der Waals surface area contributed by atoms with E-state index in [0.717, 1.165) is 16.6 Å². The predicted molar refractivity (Wildman–Crippen MR) is 123 cm³/mol. The van der Waals surface area contributed by atoms with Gasteiger partial charge in [-0.05, 0) is 26.3 Å². The van der Waals surface area contributed by atoms with Gasteiger partial charge in [0.05, 0.1) is 66.8 Å². The summed E-state index contributed by atoms with van der Waals surface area (Å²) in [5.74, 6) is -3.85. The highest BCUT2D eigenvalue weighted by molar-refractivity contribution is 5.78. The molecule has 0 aromatic carbocycles. The first kappa shape index (κ1) is 22.3. The van der Waals surface area contributed by atoms with Gasteiger partial charge in [0, 0.05) is 29.9 Å². The largest absolute Gasteiger partial charge is 0.348 e. The lowest BCUT2D eigenvalue weighted by Crippen LogP contribution is -2.24. The Balaban J connectivity index is 1.30. The molecule has 6 rings (SSSR count). The second kappa shape index (κ2) is 7.92. The van der Waals surface area contributed by atoms with Gasteiger partial charge in [-0.2, -0.15) is 15.3 Å². The molecule has 1 saturated heterocycles. The van der Waals surface area contributed by atoms with Crippen LogP contribution < -0.4 is 0 Å². The Labute approximate surface area is 200 Å². The minimum atomic E-state index is -2.60. The molecule has 35 heavy (non-hydrogen) atoms. The highest BCUT2D eigenvalue weighted by Gasteiger charge is 2.60. The van der Waals surface area contributed by atoms with Crippen LogP contribution in [0.4, 0.5) is 8.78 Å². The van der Waals surface area contributed by atoms with Crippen LogP contribution >= 0.6 is 0 Å². The first-order chi connectivity index (χ1) is 16.7. The molecule has 9 nitrogen and oxygen atoms in total. The fourth-order valence-corrected chi connectivity index (χ4v) is 4.89. The number of halogens is 2. The summed E-state index contributed by atoms with van der Waals surface area (Å²) >= 11 is 0. The van der Waals surface area contributed by atoms with Gasteiger partial charge >= 0.3 is 0 Å². The van der Waals surface area contributed by atoms with Crippen molar-refractivity contribution in [3.05, 3.63) is 43.2 Å². The summed E-state index contributed by atoms with van der Waals surface area (Å²) in [5, 5.41) is 13.3. The topological polar surface area (TPSA) is 84.3 Å². The molecule has 4 aromatic rings. The second-order valence-electron chi connectivity index (χ2n) is 9.79. The van der Waals surface area contributed by atoms with E-state index >= 15 is 0 Å². The van der Waals surface area contributed by atoms with Gasteiger partial charge in [-0.15, -0.1) is 0 Å². The molecule has 0 bridgehead atoms. The average molecular weight is 484 g/mol. The van der Waals surface area contributed by atoms with Crippen molar-refractivity contribution in [1.29, 1.82) is 0 Å². The molecule has 0 amide bonds. The van der Waals surface area contributed by atoms with E-state index in [1.165, 1.54) is 0 Å². The predicted octanol–water partition coefficient (Wildman–Crippen LogP) is 4.21. The molecule has 184 valence electrons. The zero-order valence-corrected chi connectivity index (χ0v) is 19.8. The van der Waals surface area contributed by atoms with Crippen LogP contribution in [-0.4, -0.2) is 58.6 Å². The van der Waals surface area contributed by atoms with Gasteiger partial charge in [0.1, 0.15) is 6.10 Å². The first-order valence-electron chi connectivity index (χ1n) is 11.8. The van der Waals surface area contributed by atoms with Gasteiger partial charge in [0.25, 0.3) is 5.92 Å². The van der Waals surface area contributed by atoms with Crippen LogP contribution in [-0.2, 0) is 16.0 Å². The van der Waals surface area contributed by atoms with Gasteiger partial charge in [-0.25, -0.2) is 18.3 Å². The Kier molecular flexibility index (Phi) is 5.05. The molecule has 1 aliphatic carbocycles. The highest BCUT2D eigenvalue weighted by atomic mass is 19.3. The standard InChI is InChI=1S/C24H27F2N7O2/c1-4-20(18-7-24(18,25)26)32-11-16(9-29-32)22-21-5-6-27-33(21)13-19(30-22)15-8-28-31(10-15)12-17-14-34-23(2,3)35-17/h5-6,8-11,13,17-18,20H,4,7,12,14H2,1-3H3/t17-,18?,20-/m1/s1. The van der Waals surface area contributed by atoms with Crippen molar-refractivity contribution in [3.8, 4) is 22.5 Å². The van der Waals surface area contributed by atoms with E-state index in [2.05, 4.69) is 15.3 Å². The van der Waals surface area contributed by atoms with E-state index in [1.54, 1.807) is 27.8 Å². The zero-order valence-electron chi connectivity index (χ0n) is 19.8. The number of nitrogens with zero attached hydrogens (tertiary/aromatic N) is 7. The molecule has 0 radical (unpaired) electrons. The van der Waals surface area contributed by atoms with Crippen molar-refractivity contribution < 1.29 is 18.3 Å². The quantitative estimate of drug-likeness (QED) is 0.392. The van der Waals surface area contributed by atoms with Crippen LogP contribution in [0.25, 0.3) is 28.0 Å². The third-order valence-electron chi connectivity index (χ3n) is 6.75. The van der Waals surface area contributed by atoms with Gasteiger partial charge in [0.2, 0.25) is 0 Å². The van der Waals surface area contributed by atoms with Crippen LogP contribution in [0, 0.1) is 5.92 Å². The summed E-state index contributed by atoms with van der Waals surface area (Å²) in [5.41, 5.74) is 3.78. The molecule has 0 spiro atoms. The van der Waals surface area contributed by atoms with Crippen LogP contribution in [0.5, 0.6) is 0 Å². The molecule has 5 heterocycles. The summed E-state index contributed by atoms with van der Waals surface area (Å²) in [6, 6.07) is 1.53. The maximum absolute atomic E-state index is 13.7. The number of hydrogen-bond donors (Lipinski definition) is 0. The minimum Gasteiger partial charge on any atom is -0.348 e. The Morgan fingerprint density at radius 2 is 1.91 bits per heavy atom. The Morgan fingerprint density at radius 3 is 2.63 bits per heavy atom. The van der Waals surface area contributed by atoms with Crippen molar-refractivity contribution in [2.75, 3.05) is 6.61 Å². The zero-order chi connectivity index (χ0) is 24.4. The Bertz CT molecular complexity index is 1380. The van der Waals surface area contributed by atoms with E-state index in [0.29, 0.717) is 31.0 Å². The number of fused-ring (bicyclic) bond motifs is 1. The van der Waals surface area contributed by atoms with E-state index in [1.807, 2.05) is 50.1 Å². The number of ether oxygens (including phenoxy) is 2. The van der Waals surface area contributed by atoms with Crippen molar-refractivity contribution in [2.45, 2.75) is 64.0 Å². The van der Waals surface area contributed by atoms with Crippen LogP contribution in [0.2, 0.25) is 0 Å². The summed E-state index contributed by atoms with van der Waals surface area (Å²) in [7, 11) is 0. The van der Waals surface area contributed by atoms with Crippen LogP contribution in [0.15, 0.2) is 43.2 Å². The summed E-state index contributed by atoms with van der Waals surface area (Å²) in [4.78, 5) is 4.90. The maximum Gasteiger partial charge on any atom is 0.253 e. The number of rotatable bonds is 7. The SMILES string of the molecule is CC[C@H](C1CC1(F)F)n1cc(-c2nc(-c3cnn(C[C@@H]4COC(C)(C)O4)c3)cn3nccc23)cn1. The molecular formula is C24H27F2N7O2. The van der Waals surface area contributed by atoms with Crippen molar-refractivity contribution >= 4 is 5.52 Å². The number of aromatic nitrogens is 7. The van der Waals surface area contributed by atoms with Crippen molar-refractivity contribution in [3.63, 3.8) is 0 Å². The molecule has 3 atom stereocenters. The molecule has 4 aromatic heterocycles. The molecule has 11 heteroatoms. The van der Waals surface area contributed by atoms with Crippen LogP contribution in [0.1, 0.15) is 39.7 Å². The first-order valence-corrected chi connectivity index (χ1v) is 11.8. The molecule has 1 saturated carbocycles. The average Bonchev–Trinajstić information content (AvgIpc) is 3.41. The molecule has 2 aliphatic rings. The second-order valence-corrected chi connectivity index (χ2v) is 9.79. The van der Waals surface area contributed by atoms with Gasteiger partial charge < -0.3 is 9.47 Å². The molecule has 1 unspecified atom stereocenters. The van der Waals surface area contributed by atoms with E-state index in [9.17, 15) is 8.78 Å². The van der Waals surface area contributed by atoms with Gasteiger partial charge in [0.15, 0.2) is 5.79 Å². The molecule has 0 N–H and O–H groups in total. The van der Waals surface area contributed by atoms with E-state index < -0.39 is 17.6 Å². The monoisotopic (exact) mass is 483 g/mol. The molecule has 2 fully saturated rings. The van der Waals surface area contributed by atoms with Crippen molar-refractivity contribution in [2.24, 2.45) is 5.92 Å². The highest BCUT2D eigenvalue weighted by Crippen LogP contribution is 2.55. The lowest BCUT2D eigenvalue weighted by Gasteiger charge is -2.16. The minimum absolute atomic E-state index is 0.0777. The third kappa shape index (κ3) is 4.12. The molecule has 1 aliphatic heterocycles. The lowest BCUT2D eigenvalue weighted by atomic mass is 10.1. The Morgan fingerprint density at radius 1 is 1.11 bits per heavy atom. The summed E-state index contributed by atoms with van der Waals surface area (Å²) in [6.07, 6.45) is 11.2. The maximum atomic E-state index is 13.7. The fraction of sp³-hybridized carbons (Fsp3) is 0.500. The smallest absolute Gasteiger partial charge is 0.253 e. The Hall–Kier alpha value is -3.18. The lowest BCUT2D eigenvalue weighted by molar-refractivity contribution is -0.139.